The third-order valence-corrected chi connectivity index (χ3v) is 6.88. The van der Waals surface area contributed by atoms with Crippen LogP contribution in [0.5, 0.6) is 0 Å². The second kappa shape index (κ2) is 10.7. The fraction of sp³-hybridized carbons (Fsp3) is 0.444. The van der Waals surface area contributed by atoms with Crippen molar-refractivity contribution in [1.82, 2.24) is 10.2 Å². The molecule has 0 spiro atoms. The third-order valence-electron chi connectivity index (χ3n) is 6.88. The lowest BCUT2D eigenvalue weighted by Crippen LogP contribution is -2.37. The van der Waals surface area contributed by atoms with E-state index >= 15 is 0 Å². The number of aliphatic carboxylic acids is 1. The van der Waals surface area contributed by atoms with Gasteiger partial charge in [0.1, 0.15) is 6.61 Å². The minimum Gasteiger partial charge on any atom is -0.481 e. The molecule has 2 N–H and O–H groups in total. The van der Waals surface area contributed by atoms with Crippen molar-refractivity contribution in [3.05, 3.63) is 59.7 Å². The summed E-state index contributed by atoms with van der Waals surface area (Å²) < 4.78 is 5.55. The fourth-order valence-electron chi connectivity index (χ4n) is 5.17. The van der Waals surface area contributed by atoms with Crippen LogP contribution in [0.25, 0.3) is 11.1 Å². The van der Waals surface area contributed by atoms with Crippen molar-refractivity contribution in [2.24, 2.45) is 5.92 Å². The lowest BCUT2D eigenvalue weighted by atomic mass is 9.98. The number of alkyl carbamates (subject to hydrolysis) is 1. The summed E-state index contributed by atoms with van der Waals surface area (Å²) in [6.07, 6.45) is 2.14. The van der Waals surface area contributed by atoms with Gasteiger partial charge in [-0.2, -0.15) is 0 Å². The Morgan fingerprint density at radius 2 is 1.74 bits per heavy atom. The number of hydrogen-bond acceptors (Lipinski definition) is 4. The molecule has 34 heavy (non-hydrogen) atoms. The number of rotatable bonds is 9. The van der Waals surface area contributed by atoms with Crippen molar-refractivity contribution in [3.63, 3.8) is 0 Å². The highest BCUT2D eigenvalue weighted by atomic mass is 16.5. The zero-order chi connectivity index (χ0) is 24.1. The maximum absolute atomic E-state index is 12.6. The highest BCUT2D eigenvalue weighted by Crippen LogP contribution is 2.44. The van der Waals surface area contributed by atoms with E-state index in [2.05, 4.69) is 29.6 Å². The summed E-state index contributed by atoms with van der Waals surface area (Å²) >= 11 is 0. The molecule has 180 valence electrons. The van der Waals surface area contributed by atoms with E-state index in [1.807, 2.05) is 31.2 Å². The Balaban J connectivity index is 1.21. The monoisotopic (exact) mass is 464 g/mol. The number of carboxylic acids is 1. The van der Waals surface area contributed by atoms with Crippen LogP contribution in [0.15, 0.2) is 48.5 Å². The number of hydrogen-bond donors (Lipinski definition) is 2. The van der Waals surface area contributed by atoms with Crippen LogP contribution in [0.3, 0.4) is 0 Å². The summed E-state index contributed by atoms with van der Waals surface area (Å²) in [5.74, 6) is -0.774. The van der Waals surface area contributed by atoms with Gasteiger partial charge in [-0.05, 0) is 47.4 Å². The van der Waals surface area contributed by atoms with Gasteiger partial charge in [0.2, 0.25) is 5.91 Å². The third kappa shape index (κ3) is 5.41. The number of fused-ring (bicyclic) bond motifs is 3. The van der Waals surface area contributed by atoms with Crippen molar-refractivity contribution in [2.45, 2.75) is 51.0 Å². The molecule has 1 fully saturated rings. The highest BCUT2D eigenvalue weighted by Gasteiger charge is 2.31. The number of carbonyl (C=O) groups excluding carboxylic acids is 2. The first kappa shape index (κ1) is 23.8. The smallest absolute Gasteiger partial charge is 0.407 e. The number of likely N-dealkylation sites (tertiary alicyclic amines) is 1. The van der Waals surface area contributed by atoms with Gasteiger partial charge in [-0.25, -0.2) is 4.79 Å². The van der Waals surface area contributed by atoms with Gasteiger partial charge >= 0.3 is 12.1 Å². The molecule has 0 bridgehead atoms. The molecule has 7 heteroatoms. The fourth-order valence-corrected chi connectivity index (χ4v) is 5.17. The first-order valence-electron chi connectivity index (χ1n) is 12.0. The van der Waals surface area contributed by atoms with E-state index in [1.165, 1.54) is 22.3 Å². The Hall–Kier alpha value is -3.35. The van der Waals surface area contributed by atoms with E-state index in [0.29, 0.717) is 25.9 Å². The molecule has 4 rings (SSSR count). The molecule has 0 aromatic heterocycles. The normalized spacial score (nSPS) is 17.7. The maximum Gasteiger partial charge on any atom is 0.407 e. The summed E-state index contributed by atoms with van der Waals surface area (Å²) in [5.41, 5.74) is 4.72. The standard InChI is InChI=1S/C27H32N2O5/c1-18(15-25(30)29-14-6-7-19(29)16-26(31)32)12-13-28-27(33)34-17-24-22-10-4-2-8-20(22)21-9-3-5-11-23(21)24/h2-5,8-11,18-19,24H,6-7,12-17H2,1H3,(H,28,33)(H,31,32)/t18?,19-/m1/s1. The van der Waals surface area contributed by atoms with Gasteiger partial charge in [0.15, 0.2) is 0 Å². The van der Waals surface area contributed by atoms with Gasteiger partial charge in [-0.1, -0.05) is 55.5 Å². The molecule has 2 amide bonds. The quantitative estimate of drug-likeness (QED) is 0.573. The van der Waals surface area contributed by atoms with Crippen LogP contribution in [-0.4, -0.2) is 53.7 Å². The number of ether oxygens (including phenoxy) is 1. The van der Waals surface area contributed by atoms with Gasteiger partial charge < -0.3 is 20.1 Å². The molecule has 1 heterocycles. The van der Waals surface area contributed by atoms with Gasteiger partial charge in [0.05, 0.1) is 6.42 Å². The first-order valence-corrected chi connectivity index (χ1v) is 12.0. The van der Waals surface area contributed by atoms with Crippen molar-refractivity contribution in [3.8, 4) is 11.1 Å². The van der Waals surface area contributed by atoms with Crippen molar-refractivity contribution in [1.29, 1.82) is 0 Å². The van der Waals surface area contributed by atoms with E-state index < -0.39 is 12.1 Å². The Bertz CT molecular complexity index is 1010. The van der Waals surface area contributed by atoms with E-state index in [-0.39, 0.29) is 36.8 Å². The molecule has 1 aliphatic heterocycles. The molecule has 2 aliphatic rings. The topological polar surface area (TPSA) is 95.9 Å². The molecule has 2 aromatic carbocycles. The Labute approximate surface area is 200 Å². The summed E-state index contributed by atoms with van der Waals surface area (Å²) in [7, 11) is 0. The molecular formula is C27H32N2O5. The van der Waals surface area contributed by atoms with E-state index in [1.54, 1.807) is 4.90 Å². The number of nitrogens with zero attached hydrogens (tertiary/aromatic N) is 1. The van der Waals surface area contributed by atoms with Crippen molar-refractivity contribution >= 4 is 18.0 Å². The van der Waals surface area contributed by atoms with Crippen LogP contribution in [0.4, 0.5) is 4.79 Å². The predicted molar refractivity (Wildman–Crippen MR) is 128 cm³/mol. The van der Waals surface area contributed by atoms with Crippen LogP contribution in [-0.2, 0) is 14.3 Å². The minimum absolute atomic E-state index is 0.00242. The van der Waals surface area contributed by atoms with Crippen LogP contribution in [0, 0.1) is 5.92 Å². The van der Waals surface area contributed by atoms with Crippen LogP contribution < -0.4 is 5.32 Å². The minimum atomic E-state index is -0.870. The van der Waals surface area contributed by atoms with Gasteiger partial charge in [0.25, 0.3) is 0 Å². The van der Waals surface area contributed by atoms with Gasteiger partial charge in [0, 0.05) is 31.5 Å². The number of amides is 2. The molecule has 2 aromatic rings. The number of nitrogens with one attached hydrogen (secondary N) is 1. The van der Waals surface area contributed by atoms with E-state index in [4.69, 9.17) is 9.84 Å². The second-order valence-corrected chi connectivity index (χ2v) is 9.33. The molecule has 0 radical (unpaired) electrons. The SMILES string of the molecule is CC(CCNC(=O)OCC1c2ccccc2-c2ccccc21)CC(=O)N1CCC[C@@H]1CC(=O)O. The largest absolute Gasteiger partial charge is 0.481 e. The number of carboxylic acid groups (broad SMARTS) is 1. The Morgan fingerprint density at radius 3 is 2.38 bits per heavy atom. The number of benzene rings is 2. The predicted octanol–water partition coefficient (Wildman–Crippen LogP) is 4.41. The van der Waals surface area contributed by atoms with Gasteiger partial charge in [-0.3, -0.25) is 9.59 Å². The van der Waals surface area contributed by atoms with Crippen molar-refractivity contribution in [2.75, 3.05) is 19.7 Å². The second-order valence-electron chi connectivity index (χ2n) is 9.33. The highest BCUT2D eigenvalue weighted by molar-refractivity contribution is 5.79. The summed E-state index contributed by atoms with van der Waals surface area (Å²) in [6, 6.07) is 16.2. The van der Waals surface area contributed by atoms with E-state index in [9.17, 15) is 14.4 Å². The van der Waals surface area contributed by atoms with Gasteiger partial charge in [-0.15, -0.1) is 0 Å². The van der Waals surface area contributed by atoms with Crippen LogP contribution in [0.2, 0.25) is 0 Å². The average molecular weight is 465 g/mol. The average Bonchev–Trinajstić information content (AvgIpc) is 3.40. The molecule has 1 saturated heterocycles. The zero-order valence-corrected chi connectivity index (χ0v) is 19.5. The molecule has 0 saturated carbocycles. The summed E-state index contributed by atoms with van der Waals surface area (Å²) in [4.78, 5) is 37.7. The molecular weight excluding hydrogens is 432 g/mol. The molecule has 2 atom stereocenters. The van der Waals surface area contributed by atoms with Crippen molar-refractivity contribution < 1.29 is 24.2 Å². The molecule has 1 aliphatic carbocycles. The summed E-state index contributed by atoms with van der Waals surface area (Å²) in [5, 5.41) is 11.8. The first-order chi connectivity index (χ1) is 16.4. The van der Waals surface area contributed by atoms with Crippen LogP contribution in [0.1, 0.15) is 56.1 Å². The van der Waals surface area contributed by atoms with E-state index in [0.717, 1.165) is 12.8 Å². The molecule has 1 unspecified atom stereocenters. The zero-order valence-electron chi connectivity index (χ0n) is 19.5. The molecule has 7 nitrogen and oxygen atoms in total. The lowest BCUT2D eigenvalue weighted by molar-refractivity contribution is -0.140. The Morgan fingerprint density at radius 1 is 1.09 bits per heavy atom. The summed E-state index contributed by atoms with van der Waals surface area (Å²) in [6.45, 7) is 3.29. The number of carbonyl (C=O) groups is 3. The van der Waals surface area contributed by atoms with Crippen LogP contribution >= 0.6 is 0 Å². The maximum atomic E-state index is 12.6. The lowest BCUT2D eigenvalue weighted by Gasteiger charge is -2.25. The Kier molecular flexibility index (Phi) is 7.50.